The summed E-state index contributed by atoms with van der Waals surface area (Å²) >= 11 is 2.06. The summed E-state index contributed by atoms with van der Waals surface area (Å²) in [5, 5.41) is 7.74. The van der Waals surface area contributed by atoms with Gasteiger partial charge >= 0.3 is 0 Å². The molecule has 0 radical (unpaired) electrons. The van der Waals surface area contributed by atoms with Gasteiger partial charge in [0.2, 0.25) is 10.0 Å². The maximum atomic E-state index is 10.6. The van der Waals surface area contributed by atoms with Crippen LogP contribution in [0.5, 0.6) is 0 Å². The predicted octanol–water partition coefficient (Wildman–Crippen LogP) is 0.262. The van der Waals surface area contributed by atoms with Crippen molar-refractivity contribution in [3.8, 4) is 0 Å². The molecule has 0 unspecified atom stereocenters. The third-order valence-corrected chi connectivity index (χ3v) is 2.84. The van der Waals surface area contributed by atoms with E-state index in [1.165, 1.54) is 0 Å². The van der Waals surface area contributed by atoms with Crippen LogP contribution in [0, 0.1) is 3.77 Å². The molecule has 0 saturated carbocycles. The fourth-order valence-corrected chi connectivity index (χ4v) is 1.76. The first-order valence-electron chi connectivity index (χ1n) is 3.93. The lowest BCUT2D eigenvalue weighted by molar-refractivity contribution is 0.466. The van der Waals surface area contributed by atoms with E-state index in [1.54, 1.807) is 0 Å². The minimum absolute atomic E-state index is 0.0647. The third kappa shape index (κ3) is 4.94. The molecule has 5 nitrogen and oxygen atoms in total. The summed E-state index contributed by atoms with van der Waals surface area (Å²) in [5.41, 5.74) is 0. The SMILES string of the molecule is NS(=O)(=O)CCNCc1ccc(I)o1. The molecule has 0 saturated heterocycles. The van der Waals surface area contributed by atoms with Crippen LogP contribution in [0.4, 0.5) is 0 Å². The van der Waals surface area contributed by atoms with Gasteiger partial charge in [0.25, 0.3) is 0 Å². The molecule has 1 heterocycles. The smallest absolute Gasteiger partial charge is 0.210 e. The van der Waals surface area contributed by atoms with Gasteiger partial charge in [0.15, 0.2) is 3.77 Å². The summed E-state index contributed by atoms with van der Waals surface area (Å²) in [7, 11) is -3.37. The number of hydrogen-bond acceptors (Lipinski definition) is 4. The minimum Gasteiger partial charge on any atom is -0.454 e. The Hall–Kier alpha value is -0.120. The summed E-state index contributed by atoms with van der Waals surface area (Å²) < 4.78 is 27.2. The van der Waals surface area contributed by atoms with Gasteiger partial charge < -0.3 is 9.73 Å². The summed E-state index contributed by atoms with van der Waals surface area (Å²) in [6.07, 6.45) is 0. The number of sulfonamides is 1. The van der Waals surface area contributed by atoms with E-state index in [1.807, 2.05) is 12.1 Å². The van der Waals surface area contributed by atoms with Crippen LogP contribution in [0.25, 0.3) is 0 Å². The first-order valence-corrected chi connectivity index (χ1v) is 6.72. The van der Waals surface area contributed by atoms with Gasteiger partial charge in [-0.3, -0.25) is 0 Å². The molecule has 14 heavy (non-hydrogen) atoms. The quantitative estimate of drug-likeness (QED) is 0.599. The van der Waals surface area contributed by atoms with Crippen molar-refractivity contribution in [2.24, 2.45) is 5.14 Å². The third-order valence-electron chi connectivity index (χ3n) is 1.49. The second-order valence-corrected chi connectivity index (χ2v) is 5.55. The first kappa shape index (κ1) is 12.0. The molecule has 80 valence electrons. The lowest BCUT2D eigenvalue weighted by Gasteiger charge is -2.00. The first-order chi connectivity index (χ1) is 6.47. The monoisotopic (exact) mass is 330 g/mol. The Kier molecular flexibility index (Phi) is 4.35. The van der Waals surface area contributed by atoms with E-state index >= 15 is 0 Å². The van der Waals surface area contributed by atoms with E-state index in [4.69, 9.17) is 9.56 Å². The number of halogens is 1. The molecule has 0 spiro atoms. The predicted molar refractivity (Wildman–Crippen MR) is 61.1 cm³/mol. The Bertz CT molecular complexity index is 387. The van der Waals surface area contributed by atoms with Crippen LogP contribution in [0.15, 0.2) is 16.5 Å². The van der Waals surface area contributed by atoms with Crippen molar-refractivity contribution in [3.05, 3.63) is 21.7 Å². The lowest BCUT2D eigenvalue weighted by atomic mass is 10.4. The largest absolute Gasteiger partial charge is 0.454 e. The van der Waals surface area contributed by atoms with E-state index in [0.29, 0.717) is 13.1 Å². The Labute approximate surface area is 96.2 Å². The molecule has 1 rings (SSSR count). The minimum atomic E-state index is -3.37. The van der Waals surface area contributed by atoms with E-state index in [-0.39, 0.29) is 5.75 Å². The van der Waals surface area contributed by atoms with Gasteiger partial charge in [-0.15, -0.1) is 0 Å². The molecule has 0 aliphatic carbocycles. The Balaban J connectivity index is 2.23. The van der Waals surface area contributed by atoms with Crippen molar-refractivity contribution < 1.29 is 12.8 Å². The van der Waals surface area contributed by atoms with Gasteiger partial charge in [0, 0.05) is 6.54 Å². The van der Waals surface area contributed by atoms with Gasteiger partial charge in [-0.2, -0.15) is 0 Å². The van der Waals surface area contributed by atoms with Gasteiger partial charge in [-0.25, -0.2) is 13.6 Å². The second-order valence-electron chi connectivity index (χ2n) is 2.75. The zero-order chi connectivity index (χ0) is 10.6. The molecular formula is C7H11IN2O3S. The number of primary sulfonamides is 1. The Morgan fingerprint density at radius 3 is 2.71 bits per heavy atom. The number of rotatable bonds is 5. The number of nitrogens with two attached hydrogens (primary N) is 1. The molecule has 1 aromatic heterocycles. The van der Waals surface area contributed by atoms with Crippen LogP contribution in [0.3, 0.4) is 0 Å². The summed E-state index contributed by atoms with van der Waals surface area (Å²) in [4.78, 5) is 0. The van der Waals surface area contributed by atoms with E-state index in [9.17, 15) is 8.42 Å². The van der Waals surface area contributed by atoms with E-state index in [0.717, 1.165) is 9.53 Å². The topological polar surface area (TPSA) is 85.3 Å². The molecule has 0 aromatic carbocycles. The highest BCUT2D eigenvalue weighted by Crippen LogP contribution is 2.09. The highest BCUT2D eigenvalue weighted by Gasteiger charge is 2.02. The highest BCUT2D eigenvalue weighted by molar-refractivity contribution is 14.1. The zero-order valence-electron chi connectivity index (χ0n) is 7.36. The van der Waals surface area contributed by atoms with Crippen LogP contribution in [0.2, 0.25) is 0 Å². The average Bonchev–Trinajstić information content (AvgIpc) is 2.44. The van der Waals surface area contributed by atoms with Crippen LogP contribution in [-0.4, -0.2) is 20.7 Å². The van der Waals surface area contributed by atoms with Crippen molar-refractivity contribution in [2.45, 2.75) is 6.54 Å². The van der Waals surface area contributed by atoms with Gasteiger partial charge in [-0.05, 0) is 34.7 Å². The zero-order valence-corrected chi connectivity index (χ0v) is 10.3. The highest BCUT2D eigenvalue weighted by atomic mass is 127. The van der Waals surface area contributed by atoms with Crippen LogP contribution in [0.1, 0.15) is 5.76 Å². The fraction of sp³-hybridized carbons (Fsp3) is 0.429. The fourth-order valence-electron chi connectivity index (χ4n) is 0.873. The summed E-state index contributed by atoms with van der Waals surface area (Å²) in [6.45, 7) is 0.842. The molecule has 1 aromatic rings. The van der Waals surface area contributed by atoms with E-state index in [2.05, 4.69) is 27.9 Å². The number of nitrogens with one attached hydrogen (secondary N) is 1. The summed E-state index contributed by atoms with van der Waals surface area (Å²) in [6, 6.07) is 3.68. The van der Waals surface area contributed by atoms with Crippen LogP contribution < -0.4 is 10.5 Å². The molecule has 0 atom stereocenters. The normalized spacial score (nSPS) is 11.9. The van der Waals surface area contributed by atoms with Crippen molar-refractivity contribution in [1.82, 2.24) is 5.32 Å². The van der Waals surface area contributed by atoms with E-state index < -0.39 is 10.0 Å². The van der Waals surface area contributed by atoms with Crippen molar-refractivity contribution in [3.63, 3.8) is 0 Å². The Morgan fingerprint density at radius 1 is 1.50 bits per heavy atom. The maximum Gasteiger partial charge on any atom is 0.210 e. The van der Waals surface area contributed by atoms with Gasteiger partial charge in [0.1, 0.15) is 5.76 Å². The molecule has 0 aliphatic heterocycles. The van der Waals surface area contributed by atoms with Gasteiger partial charge in [0.05, 0.1) is 12.3 Å². The van der Waals surface area contributed by atoms with Crippen molar-refractivity contribution >= 4 is 32.6 Å². The lowest BCUT2D eigenvalue weighted by Crippen LogP contribution is -2.26. The van der Waals surface area contributed by atoms with Gasteiger partial charge in [-0.1, -0.05) is 0 Å². The van der Waals surface area contributed by atoms with Crippen LogP contribution in [-0.2, 0) is 16.6 Å². The molecule has 0 fully saturated rings. The molecule has 7 heteroatoms. The molecule has 0 amide bonds. The molecule has 0 aliphatic rings. The van der Waals surface area contributed by atoms with Crippen molar-refractivity contribution in [2.75, 3.05) is 12.3 Å². The van der Waals surface area contributed by atoms with Crippen molar-refractivity contribution in [1.29, 1.82) is 0 Å². The number of hydrogen-bond donors (Lipinski definition) is 2. The maximum absolute atomic E-state index is 10.6. The second kappa shape index (κ2) is 5.10. The molecule has 0 bridgehead atoms. The number of furan rings is 1. The van der Waals surface area contributed by atoms with Crippen LogP contribution >= 0.6 is 22.6 Å². The molecular weight excluding hydrogens is 319 g/mol. The standard InChI is InChI=1S/C7H11IN2O3S/c8-7-2-1-6(13-7)5-10-3-4-14(9,11)12/h1-2,10H,3-5H2,(H2,9,11,12). The Morgan fingerprint density at radius 2 is 2.21 bits per heavy atom. The molecule has 3 N–H and O–H groups in total. The average molecular weight is 330 g/mol. The summed E-state index contributed by atoms with van der Waals surface area (Å²) in [5.74, 6) is 0.717.